The predicted octanol–water partition coefficient (Wildman–Crippen LogP) is 6.34. The smallest absolute Gasteiger partial charge is 0.303 e. The highest BCUT2D eigenvalue weighted by atomic mass is 16.7. The predicted molar refractivity (Wildman–Crippen MR) is 192 cm³/mol. The number of carboxylic acid groups (broad SMARTS) is 1. The number of carboxylic acids is 1. The lowest BCUT2D eigenvalue weighted by molar-refractivity contribution is -0.253. The third-order valence-electron chi connectivity index (χ3n) is 9.66. The van der Waals surface area contributed by atoms with Crippen molar-refractivity contribution >= 4 is 11.9 Å². The van der Waals surface area contributed by atoms with E-state index < -0.39 is 12.3 Å². The van der Waals surface area contributed by atoms with Crippen LogP contribution in [-0.4, -0.2) is 60.4 Å². The van der Waals surface area contributed by atoms with Gasteiger partial charge in [0.1, 0.15) is 0 Å². The van der Waals surface area contributed by atoms with Gasteiger partial charge < -0.3 is 34.5 Å². The van der Waals surface area contributed by atoms with Gasteiger partial charge in [-0.05, 0) is 63.9 Å². The highest BCUT2D eigenvalue weighted by molar-refractivity contribution is 5.77. The highest BCUT2D eigenvalue weighted by Crippen LogP contribution is 2.40. The van der Waals surface area contributed by atoms with Gasteiger partial charge >= 0.3 is 5.97 Å². The van der Waals surface area contributed by atoms with E-state index in [1.165, 1.54) is 11.1 Å². The molecule has 1 saturated heterocycles. The van der Waals surface area contributed by atoms with E-state index in [-0.39, 0.29) is 37.6 Å². The van der Waals surface area contributed by atoms with E-state index in [0.717, 1.165) is 70.9 Å². The summed E-state index contributed by atoms with van der Waals surface area (Å²) in [4.78, 5) is 25.6. The zero-order chi connectivity index (χ0) is 35.7. The monoisotopic (exact) mass is 694 g/mol. The fraction of sp³-hybridized carbons (Fsp3) is 0.366. The van der Waals surface area contributed by atoms with Crippen molar-refractivity contribution in [2.45, 2.75) is 70.3 Å². The van der Waals surface area contributed by atoms with Crippen molar-refractivity contribution in [3.8, 4) is 22.6 Å². The molecule has 4 aromatic rings. The zero-order valence-corrected chi connectivity index (χ0v) is 29.2. The maximum atomic E-state index is 12.3. The molecule has 0 bridgehead atoms. The summed E-state index contributed by atoms with van der Waals surface area (Å²) in [5.74, 6) is 0.411. The van der Waals surface area contributed by atoms with E-state index in [1.54, 1.807) is 14.2 Å². The lowest BCUT2D eigenvalue weighted by Crippen LogP contribution is -2.41. The van der Waals surface area contributed by atoms with Crippen LogP contribution in [0.4, 0.5) is 0 Å². The van der Waals surface area contributed by atoms with Gasteiger partial charge in [-0.2, -0.15) is 0 Å². The SMILES string of the molecule is COc1cc2c(cc1OC)CN(CC1CC(c3ccc(CO)cc3)OC(c3ccc(-c4ccccc4CNC(=O)CCCC(=O)O)cc3)O1)CC2. The topological polar surface area (TPSA) is 127 Å². The number of aliphatic hydroxyl groups is 1. The molecule has 4 aromatic carbocycles. The zero-order valence-electron chi connectivity index (χ0n) is 29.2. The number of nitrogens with zero attached hydrogens (tertiary/aromatic N) is 1. The van der Waals surface area contributed by atoms with E-state index in [0.29, 0.717) is 19.4 Å². The molecule has 1 amide bonds. The molecule has 3 N–H and O–H groups in total. The molecule has 51 heavy (non-hydrogen) atoms. The van der Waals surface area contributed by atoms with Crippen LogP contribution < -0.4 is 14.8 Å². The molecule has 2 heterocycles. The average molecular weight is 695 g/mol. The first-order valence-corrected chi connectivity index (χ1v) is 17.5. The molecule has 6 rings (SSSR count). The molecular weight excluding hydrogens is 648 g/mol. The quantitative estimate of drug-likeness (QED) is 0.139. The summed E-state index contributed by atoms with van der Waals surface area (Å²) < 4.78 is 24.4. The Hall–Kier alpha value is -4.74. The fourth-order valence-corrected chi connectivity index (χ4v) is 6.88. The van der Waals surface area contributed by atoms with Crippen molar-refractivity contribution in [1.29, 1.82) is 0 Å². The number of benzene rings is 4. The number of hydrogen-bond donors (Lipinski definition) is 3. The van der Waals surface area contributed by atoms with Gasteiger partial charge in [0.2, 0.25) is 5.91 Å². The van der Waals surface area contributed by atoms with Crippen molar-refractivity contribution in [2.75, 3.05) is 27.3 Å². The summed E-state index contributed by atoms with van der Waals surface area (Å²) in [5, 5.41) is 21.4. The average Bonchev–Trinajstić information content (AvgIpc) is 3.16. The Bertz CT molecular complexity index is 1790. The molecule has 3 atom stereocenters. The number of methoxy groups -OCH3 is 2. The summed E-state index contributed by atoms with van der Waals surface area (Å²) in [6.07, 6.45) is 1.19. The maximum absolute atomic E-state index is 12.3. The van der Waals surface area contributed by atoms with Crippen LogP contribution in [0.5, 0.6) is 11.5 Å². The maximum Gasteiger partial charge on any atom is 0.303 e. The fourth-order valence-electron chi connectivity index (χ4n) is 6.88. The molecule has 0 spiro atoms. The first-order chi connectivity index (χ1) is 24.8. The Morgan fingerprint density at radius 3 is 2.29 bits per heavy atom. The minimum Gasteiger partial charge on any atom is -0.493 e. The van der Waals surface area contributed by atoms with Crippen LogP contribution in [0.3, 0.4) is 0 Å². The van der Waals surface area contributed by atoms with Gasteiger partial charge in [-0.15, -0.1) is 0 Å². The second kappa shape index (κ2) is 17.0. The summed E-state index contributed by atoms with van der Waals surface area (Å²) in [7, 11) is 3.32. The number of aliphatic hydroxyl groups excluding tert-OH is 1. The van der Waals surface area contributed by atoms with Gasteiger partial charge in [0.15, 0.2) is 17.8 Å². The number of rotatable bonds is 14. The van der Waals surface area contributed by atoms with Crippen LogP contribution in [0.1, 0.15) is 71.5 Å². The molecule has 268 valence electrons. The number of carbonyl (C=O) groups is 2. The van der Waals surface area contributed by atoms with E-state index in [2.05, 4.69) is 22.3 Å². The Kier molecular flexibility index (Phi) is 12.0. The molecule has 2 aliphatic rings. The minimum absolute atomic E-state index is 0.0120. The molecule has 3 unspecified atom stereocenters. The second-order valence-corrected chi connectivity index (χ2v) is 13.1. The van der Waals surface area contributed by atoms with Crippen LogP contribution in [0, 0.1) is 0 Å². The molecule has 0 aromatic heterocycles. The van der Waals surface area contributed by atoms with Gasteiger partial charge in [-0.3, -0.25) is 14.5 Å². The molecule has 0 saturated carbocycles. The summed E-state index contributed by atoms with van der Waals surface area (Å²) >= 11 is 0. The van der Waals surface area contributed by atoms with Crippen LogP contribution >= 0.6 is 0 Å². The Morgan fingerprint density at radius 2 is 1.59 bits per heavy atom. The Balaban J connectivity index is 1.17. The van der Waals surface area contributed by atoms with Crippen molar-refractivity contribution in [2.24, 2.45) is 0 Å². The first-order valence-electron chi connectivity index (χ1n) is 17.5. The van der Waals surface area contributed by atoms with Crippen LogP contribution in [-0.2, 0) is 45.2 Å². The molecule has 0 aliphatic carbocycles. The number of amides is 1. The summed E-state index contributed by atoms with van der Waals surface area (Å²) in [6, 6.07) is 28.2. The lowest BCUT2D eigenvalue weighted by Gasteiger charge is -2.39. The van der Waals surface area contributed by atoms with Gasteiger partial charge in [0.25, 0.3) is 0 Å². The number of ether oxygens (including phenoxy) is 4. The van der Waals surface area contributed by atoms with Crippen molar-refractivity contribution in [3.05, 3.63) is 118 Å². The minimum atomic E-state index is -0.903. The normalized spacial score (nSPS) is 18.8. The number of nitrogens with one attached hydrogen (secondary N) is 1. The molecule has 2 aliphatic heterocycles. The van der Waals surface area contributed by atoms with Crippen LogP contribution in [0.25, 0.3) is 11.1 Å². The summed E-state index contributed by atoms with van der Waals surface area (Å²) in [6.45, 7) is 2.76. The van der Waals surface area contributed by atoms with Crippen LogP contribution in [0.15, 0.2) is 84.9 Å². The van der Waals surface area contributed by atoms with Gasteiger partial charge in [0, 0.05) is 51.0 Å². The van der Waals surface area contributed by atoms with E-state index in [1.807, 2.05) is 72.8 Å². The van der Waals surface area contributed by atoms with Crippen molar-refractivity contribution < 1.29 is 38.7 Å². The van der Waals surface area contributed by atoms with Crippen LogP contribution in [0.2, 0.25) is 0 Å². The van der Waals surface area contributed by atoms with Crippen molar-refractivity contribution in [1.82, 2.24) is 10.2 Å². The standard InChI is InChI=1S/C41H46N2O8/c1-48-37-20-31-18-19-43(24-33(31)21-38(37)49-2)25-34-22-36(29-12-10-27(26-44)11-13-29)51-41(50-34)30-16-14-28(15-17-30)35-7-4-3-6-32(35)23-42-39(45)8-5-9-40(46)47/h3-4,6-7,10-17,20-21,34,36,41,44H,5,8-9,18-19,22-26H2,1-2H3,(H,42,45)(H,46,47). The second-order valence-electron chi connectivity index (χ2n) is 13.1. The molecular formula is C41H46N2O8. The Labute approximate surface area is 298 Å². The summed E-state index contributed by atoms with van der Waals surface area (Å²) in [5.41, 5.74) is 8.27. The van der Waals surface area contributed by atoms with Crippen molar-refractivity contribution in [3.63, 3.8) is 0 Å². The number of carbonyl (C=O) groups excluding carboxylic acids is 1. The highest BCUT2D eigenvalue weighted by Gasteiger charge is 2.34. The number of hydrogen-bond acceptors (Lipinski definition) is 8. The van der Waals surface area contributed by atoms with Gasteiger partial charge in [-0.25, -0.2) is 0 Å². The van der Waals surface area contributed by atoms with E-state index in [9.17, 15) is 14.7 Å². The van der Waals surface area contributed by atoms with E-state index >= 15 is 0 Å². The molecule has 10 nitrogen and oxygen atoms in total. The first kappa shape index (κ1) is 36.1. The number of aliphatic carboxylic acids is 1. The third kappa shape index (κ3) is 9.14. The third-order valence-corrected chi connectivity index (χ3v) is 9.66. The van der Waals surface area contributed by atoms with E-state index in [4.69, 9.17) is 24.1 Å². The number of fused-ring (bicyclic) bond motifs is 1. The molecule has 10 heteroatoms. The molecule has 0 radical (unpaired) electrons. The Morgan fingerprint density at radius 1 is 0.882 bits per heavy atom. The largest absolute Gasteiger partial charge is 0.493 e. The van der Waals surface area contributed by atoms with Gasteiger partial charge in [-0.1, -0.05) is 72.8 Å². The lowest BCUT2D eigenvalue weighted by atomic mass is 9.96. The van der Waals surface area contributed by atoms with Gasteiger partial charge in [0.05, 0.1) is 33.0 Å². The molecule has 1 fully saturated rings.